The van der Waals surface area contributed by atoms with E-state index in [1.165, 1.54) is 18.3 Å². The highest BCUT2D eigenvalue weighted by molar-refractivity contribution is 5.78. The van der Waals surface area contributed by atoms with Gasteiger partial charge >= 0.3 is 0 Å². The number of hydrogen-bond donors (Lipinski definition) is 0. The third kappa shape index (κ3) is 3.28. The maximum atomic E-state index is 4.10. The average molecular weight is 241 g/mol. The monoisotopic (exact) mass is 241 g/mol. The smallest absolute Gasteiger partial charge is 0.141 e. The highest BCUT2D eigenvalue weighted by atomic mass is 15.4. The van der Waals surface area contributed by atoms with E-state index in [4.69, 9.17) is 0 Å². The second-order valence-corrected chi connectivity index (χ2v) is 3.95. The Bertz CT molecular complexity index is 523. The second kappa shape index (κ2) is 5.77. The highest BCUT2D eigenvalue weighted by Gasteiger charge is 1.92. The lowest BCUT2D eigenvalue weighted by Crippen LogP contribution is -2.07. The summed E-state index contributed by atoms with van der Waals surface area (Å²) < 4.78 is 1.54. The van der Waals surface area contributed by atoms with Gasteiger partial charge in [0.15, 0.2) is 0 Å². The summed E-state index contributed by atoms with van der Waals surface area (Å²) in [5.74, 6) is 0. The number of aromatic nitrogens is 3. The van der Waals surface area contributed by atoms with Crippen LogP contribution in [0.4, 0.5) is 5.69 Å². The molecule has 0 aliphatic rings. The van der Waals surface area contributed by atoms with E-state index in [-0.39, 0.29) is 0 Å². The number of benzene rings is 1. The van der Waals surface area contributed by atoms with Gasteiger partial charge in [-0.05, 0) is 23.8 Å². The fraction of sp³-hybridized carbons (Fsp3) is 0.154. The molecule has 0 bridgehead atoms. The van der Waals surface area contributed by atoms with Crippen LogP contribution in [0.1, 0.15) is 5.56 Å². The van der Waals surface area contributed by atoms with Crippen LogP contribution < -0.4 is 4.90 Å². The number of hydrogen-bond acceptors (Lipinski definition) is 4. The fourth-order valence-corrected chi connectivity index (χ4v) is 1.41. The topological polar surface area (TPSA) is 46.3 Å². The van der Waals surface area contributed by atoms with Crippen LogP contribution in [-0.4, -0.2) is 35.2 Å². The molecule has 2 aromatic rings. The van der Waals surface area contributed by atoms with Crippen LogP contribution in [0.5, 0.6) is 0 Å². The van der Waals surface area contributed by atoms with Gasteiger partial charge in [0.2, 0.25) is 0 Å². The lowest BCUT2D eigenvalue weighted by atomic mass is 10.2. The molecule has 0 spiro atoms. The molecule has 5 nitrogen and oxygen atoms in total. The lowest BCUT2D eigenvalue weighted by Gasteiger charge is -2.11. The molecule has 0 aliphatic heterocycles. The van der Waals surface area contributed by atoms with Crippen molar-refractivity contribution in [2.75, 3.05) is 19.0 Å². The number of anilines is 1. The molecular formula is C13H15N5. The van der Waals surface area contributed by atoms with Crippen LogP contribution in [0.3, 0.4) is 0 Å². The maximum absolute atomic E-state index is 4.10. The predicted octanol–water partition coefficient (Wildman–Crippen LogP) is 1.89. The van der Waals surface area contributed by atoms with Crippen LogP contribution in [0.25, 0.3) is 6.08 Å². The van der Waals surface area contributed by atoms with E-state index in [1.807, 2.05) is 26.2 Å². The van der Waals surface area contributed by atoms with Crippen molar-refractivity contribution in [1.29, 1.82) is 0 Å². The minimum atomic E-state index is 1.14. The highest BCUT2D eigenvalue weighted by Crippen LogP contribution is 2.12. The largest absolute Gasteiger partial charge is 0.378 e. The van der Waals surface area contributed by atoms with E-state index in [1.54, 1.807) is 10.9 Å². The minimum Gasteiger partial charge on any atom is -0.378 e. The molecule has 0 saturated heterocycles. The third-order valence-corrected chi connectivity index (χ3v) is 2.39. The first-order chi connectivity index (χ1) is 8.75. The van der Waals surface area contributed by atoms with E-state index in [2.05, 4.69) is 44.5 Å². The molecule has 0 atom stereocenters. The minimum absolute atomic E-state index is 1.14. The van der Waals surface area contributed by atoms with Crippen LogP contribution >= 0.6 is 0 Å². The van der Waals surface area contributed by atoms with Crippen LogP contribution in [0.15, 0.2) is 48.1 Å². The van der Waals surface area contributed by atoms with Crippen LogP contribution in [0, 0.1) is 0 Å². The Hall–Kier alpha value is -2.43. The number of allylic oxidation sites excluding steroid dienone is 1. The lowest BCUT2D eigenvalue weighted by molar-refractivity contribution is 0.879. The Morgan fingerprint density at radius 1 is 1.11 bits per heavy atom. The first kappa shape index (κ1) is 12.0. The Kier molecular flexibility index (Phi) is 3.86. The molecule has 5 heteroatoms. The first-order valence-electron chi connectivity index (χ1n) is 5.59. The molecule has 1 aromatic heterocycles. The quantitative estimate of drug-likeness (QED) is 0.768. The van der Waals surface area contributed by atoms with Crippen molar-refractivity contribution < 1.29 is 0 Å². The molecule has 1 heterocycles. The van der Waals surface area contributed by atoms with Crippen molar-refractivity contribution in [1.82, 2.24) is 14.9 Å². The summed E-state index contributed by atoms with van der Waals surface area (Å²) in [6, 6.07) is 8.30. The third-order valence-electron chi connectivity index (χ3n) is 2.39. The van der Waals surface area contributed by atoms with Gasteiger partial charge in [-0.1, -0.05) is 18.2 Å². The van der Waals surface area contributed by atoms with Gasteiger partial charge in [0.25, 0.3) is 0 Å². The van der Waals surface area contributed by atoms with Crippen LogP contribution in [-0.2, 0) is 0 Å². The van der Waals surface area contributed by atoms with Crippen molar-refractivity contribution in [3.8, 4) is 0 Å². The van der Waals surface area contributed by atoms with Gasteiger partial charge in [-0.15, -0.1) is 10.2 Å². The van der Waals surface area contributed by atoms with Crippen molar-refractivity contribution in [2.45, 2.75) is 0 Å². The van der Waals surface area contributed by atoms with Gasteiger partial charge in [0, 0.05) is 26.0 Å². The standard InChI is InChI=1S/C13H15N5/c1-17(2)13-7-5-12(6-8-13)4-3-9-16-18-10-14-15-11-18/h3-11H,1-2H3/b4-3+,16-9?. The molecule has 0 unspecified atom stereocenters. The zero-order valence-corrected chi connectivity index (χ0v) is 10.4. The normalized spacial score (nSPS) is 11.4. The summed E-state index contributed by atoms with van der Waals surface area (Å²) in [7, 11) is 4.05. The van der Waals surface area contributed by atoms with Gasteiger partial charge in [-0.3, -0.25) is 0 Å². The summed E-state index contributed by atoms with van der Waals surface area (Å²) in [4.78, 5) is 2.07. The zero-order chi connectivity index (χ0) is 12.8. The SMILES string of the molecule is CN(C)c1ccc(/C=C/C=Nn2cnnc2)cc1. The van der Waals surface area contributed by atoms with Gasteiger partial charge in [-0.2, -0.15) is 5.10 Å². The molecule has 0 N–H and O–H groups in total. The van der Waals surface area contributed by atoms with Crippen molar-refractivity contribution in [3.05, 3.63) is 48.6 Å². The van der Waals surface area contributed by atoms with E-state index in [0.29, 0.717) is 0 Å². The fourth-order valence-electron chi connectivity index (χ4n) is 1.41. The van der Waals surface area contributed by atoms with Gasteiger partial charge in [0.1, 0.15) is 12.7 Å². The summed E-state index contributed by atoms with van der Waals surface area (Å²) in [6.07, 6.45) is 8.65. The van der Waals surface area contributed by atoms with E-state index in [9.17, 15) is 0 Å². The second-order valence-electron chi connectivity index (χ2n) is 3.95. The molecule has 0 aliphatic carbocycles. The summed E-state index contributed by atoms with van der Waals surface area (Å²) >= 11 is 0. The first-order valence-corrected chi connectivity index (χ1v) is 5.59. The van der Waals surface area contributed by atoms with Crippen molar-refractivity contribution in [2.24, 2.45) is 5.10 Å². The Labute approximate surface area is 106 Å². The predicted molar refractivity (Wildman–Crippen MR) is 73.7 cm³/mol. The molecule has 0 saturated carbocycles. The van der Waals surface area contributed by atoms with E-state index >= 15 is 0 Å². The molecule has 0 fully saturated rings. The molecule has 18 heavy (non-hydrogen) atoms. The Balaban J connectivity index is 1.97. The van der Waals surface area contributed by atoms with Crippen molar-refractivity contribution >= 4 is 18.0 Å². The van der Waals surface area contributed by atoms with Gasteiger partial charge < -0.3 is 4.90 Å². The summed E-state index contributed by atoms with van der Waals surface area (Å²) in [5, 5.41) is 11.4. The molecular weight excluding hydrogens is 226 g/mol. The average Bonchev–Trinajstić information content (AvgIpc) is 2.88. The zero-order valence-electron chi connectivity index (χ0n) is 10.4. The molecule has 0 amide bonds. The molecule has 92 valence electrons. The Morgan fingerprint density at radius 2 is 1.78 bits per heavy atom. The van der Waals surface area contributed by atoms with Crippen molar-refractivity contribution in [3.63, 3.8) is 0 Å². The van der Waals surface area contributed by atoms with E-state index < -0.39 is 0 Å². The summed E-state index contributed by atoms with van der Waals surface area (Å²) in [5.41, 5.74) is 2.32. The molecule has 0 radical (unpaired) electrons. The Morgan fingerprint density at radius 3 is 2.39 bits per heavy atom. The number of rotatable bonds is 4. The molecule has 2 rings (SSSR count). The summed E-state index contributed by atoms with van der Waals surface area (Å²) in [6.45, 7) is 0. The van der Waals surface area contributed by atoms with E-state index in [0.717, 1.165) is 5.56 Å². The number of nitrogens with zero attached hydrogens (tertiary/aromatic N) is 5. The molecule has 1 aromatic carbocycles. The van der Waals surface area contributed by atoms with Gasteiger partial charge in [-0.25, -0.2) is 4.68 Å². The van der Waals surface area contributed by atoms with Crippen LogP contribution in [0.2, 0.25) is 0 Å². The van der Waals surface area contributed by atoms with Gasteiger partial charge in [0.05, 0.1) is 0 Å². The maximum Gasteiger partial charge on any atom is 0.141 e.